The molecule has 2 unspecified atom stereocenters. The minimum absolute atomic E-state index is 0.0999. The molecule has 2 aliphatic heterocycles. The lowest BCUT2D eigenvalue weighted by Gasteiger charge is -2.49. The van der Waals surface area contributed by atoms with Crippen LogP contribution in [-0.4, -0.2) is 64.7 Å². The number of anilines is 1. The number of aliphatic carboxylic acids is 1. The number of fused-ring (bicyclic) bond motifs is 1. The predicted molar refractivity (Wildman–Crippen MR) is 108 cm³/mol. The van der Waals surface area contributed by atoms with E-state index in [-0.39, 0.29) is 12.3 Å². The Morgan fingerprint density at radius 1 is 1.40 bits per heavy atom. The molecular weight excluding hydrogens is 414 g/mol. The lowest BCUT2D eigenvalue weighted by Crippen LogP contribution is -2.71. The summed E-state index contributed by atoms with van der Waals surface area (Å²) >= 11 is 1.34. The molecule has 7 N–H and O–H groups in total. The molecular formula is C18H21N5O6S. The van der Waals surface area contributed by atoms with E-state index in [0.29, 0.717) is 22.6 Å². The molecule has 160 valence electrons. The molecule has 3 rings (SSSR count). The van der Waals surface area contributed by atoms with E-state index in [0.717, 1.165) is 0 Å². The lowest BCUT2D eigenvalue weighted by molar-refractivity contribution is -0.151. The van der Waals surface area contributed by atoms with Crippen molar-refractivity contribution in [2.45, 2.75) is 17.5 Å². The number of nitrogens with one attached hydrogen (secondary N) is 2. The Labute approximate surface area is 175 Å². The van der Waals surface area contributed by atoms with Gasteiger partial charge in [-0.2, -0.15) is 0 Å². The Kier molecular flexibility index (Phi) is 6.29. The molecule has 1 aromatic carbocycles. The van der Waals surface area contributed by atoms with Crippen molar-refractivity contribution in [1.82, 2.24) is 10.2 Å². The van der Waals surface area contributed by atoms with Crippen LogP contribution in [0.4, 0.5) is 10.5 Å². The van der Waals surface area contributed by atoms with Crippen molar-refractivity contribution >= 4 is 41.3 Å². The SMILES string of the molecule is COCC1=C(C(=O)O)N2C(=O)C(NC(=O)C(N)c3cccc(NC(N)=O)c3)[C@@H]2SC1. The number of methoxy groups -OCH3 is 1. The zero-order valence-corrected chi connectivity index (χ0v) is 16.8. The summed E-state index contributed by atoms with van der Waals surface area (Å²) in [5, 5.41) is 14.0. The van der Waals surface area contributed by atoms with Crippen LogP contribution in [0.1, 0.15) is 11.6 Å². The van der Waals surface area contributed by atoms with Crippen LogP contribution in [0.5, 0.6) is 0 Å². The Hall–Kier alpha value is -3.09. The Bertz CT molecular complexity index is 935. The number of amides is 4. The molecule has 3 atom stereocenters. The number of thioether (sulfide) groups is 1. The number of carbonyl (C=O) groups excluding carboxylic acids is 3. The maximum atomic E-state index is 12.6. The Morgan fingerprint density at radius 2 is 2.13 bits per heavy atom. The van der Waals surface area contributed by atoms with Gasteiger partial charge in [0.15, 0.2) is 0 Å². The number of carboxylic acids is 1. The number of nitrogens with zero attached hydrogens (tertiary/aromatic N) is 1. The first kappa shape index (κ1) is 21.6. The van der Waals surface area contributed by atoms with Crippen LogP contribution in [0.15, 0.2) is 35.5 Å². The highest BCUT2D eigenvalue weighted by atomic mass is 32.2. The topological polar surface area (TPSA) is 177 Å². The highest BCUT2D eigenvalue weighted by Crippen LogP contribution is 2.40. The number of hydrogen-bond donors (Lipinski definition) is 5. The summed E-state index contributed by atoms with van der Waals surface area (Å²) in [5.41, 5.74) is 12.3. The van der Waals surface area contributed by atoms with Crippen molar-refractivity contribution in [2.75, 3.05) is 24.8 Å². The van der Waals surface area contributed by atoms with Gasteiger partial charge in [0.1, 0.15) is 23.2 Å². The molecule has 0 radical (unpaired) electrons. The van der Waals surface area contributed by atoms with E-state index in [1.54, 1.807) is 18.2 Å². The normalized spacial score (nSPS) is 21.4. The first-order chi connectivity index (χ1) is 14.2. The van der Waals surface area contributed by atoms with Crippen molar-refractivity contribution in [3.8, 4) is 0 Å². The van der Waals surface area contributed by atoms with E-state index in [1.807, 2.05) is 0 Å². The van der Waals surface area contributed by atoms with Crippen LogP contribution in [0.25, 0.3) is 0 Å². The van der Waals surface area contributed by atoms with Crippen molar-refractivity contribution in [3.63, 3.8) is 0 Å². The van der Waals surface area contributed by atoms with Crippen LogP contribution >= 0.6 is 11.8 Å². The van der Waals surface area contributed by atoms with Crippen molar-refractivity contribution < 1.29 is 29.0 Å². The second kappa shape index (κ2) is 8.73. The fraction of sp³-hybridized carbons (Fsp3) is 0.333. The van der Waals surface area contributed by atoms with Gasteiger partial charge in [0.25, 0.3) is 5.91 Å². The molecule has 2 heterocycles. The molecule has 12 heteroatoms. The monoisotopic (exact) mass is 435 g/mol. The molecule has 2 aliphatic rings. The number of ether oxygens (including phenoxy) is 1. The van der Waals surface area contributed by atoms with Crippen molar-refractivity contribution in [1.29, 1.82) is 0 Å². The molecule has 0 aromatic heterocycles. The average Bonchev–Trinajstić information content (AvgIpc) is 2.70. The molecule has 1 fully saturated rings. The van der Waals surface area contributed by atoms with E-state index >= 15 is 0 Å². The van der Waals surface area contributed by atoms with Crippen LogP contribution in [0, 0.1) is 0 Å². The van der Waals surface area contributed by atoms with Gasteiger partial charge in [0, 0.05) is 18.6 Å². The Balaban J connectivity index is 1.71. The van der Waals surface area contributed by atoms with E-state index in [1.165, 1.54) is 29.8 Å². The molecule has 30 heavy (non-hydrogen) atoms. The minimum atomic E-state index is -1.22. The van der Waals surface area contributed by atoms with Crippen LogP contribution in [-0.2, 0) is 19.1 Å². The van der Waals surface area contributed by atoms with Gasteiger partial charge < -0.3 is 31.9 Å². The predicted octanol–water partition coefficient (Wildman–Crippen LogP) is -0.438. The smallest absolute Gasteiger partial charge is 0.352 e. The number of nitrogens with two attached hydrogens (primary N) is 2. The average molecular weight is 435 g/mol. The standard InChI is InChI=1S/C18H21N5O6S/c1-29-6-9-7-30-16-12(15(25)23(16)13(9)17(26)27)22-14(24)11(19)8-3-2-4-10(5-8)21-18(20)28/h2-5,11-12,16H,6-7,19H2,1H3,(H,22,24)(H,26,27)(H3,20,21,28)/t11?,12?,16-/m0/s1. The van der Waals surface area contributed by atoms with Gasteiger partial charge in [-0.15, -0.1) is 11.8 Å². The highest BCUT2D eigenvalue weighted by Gasteiger charge is 2.54. The number of benzene rings is 1. The van der Waals surface area contributed by atoms with Gasteiger partial charge in [-0.1, -0.05) is 12.1 Å². The third-order valence-electron chi connectivity index (χ3n) is 4.66. The zero-order chi connectivity index (χ0) is 22.0. The van der Waals surface area contributed by atoms with Crippen molar-refractivity contribution in [2.24, 2.45) is 11.5 Å². The van der Waals surface area contributed by atoms with Gasteiger partial charge in [0.2, 0.25) is 5.91 Å². The fourth-order valence-electron chi connectivity index (χ4n) is 3.32. The molecule has 0 spiro atoms. The van der Waals surface area contributed by atoms with E-state index in [9.17, 15) is 24.3 Å². The number of hydrogen-bond acceptors (Lipinski definition) is 7. The van der Waals surface area contributed by atoms with E-state index in [2.05, 4.69) is 10.6 Å². The van der Waals surface area contributed by atoms with Gasteiger partial charge >= 0.3 is 12.0 Å². The first-order valence-electron chi connectivity index (χ1n) is 8.86. The zero-order valence-electron chi connectivity index (χ0n) is 16.0. The quantitative estimate of drug-likeness (QED) is 0.358. The van der Waals surface area contributed by atoms with E-state index in [4.69, 9.17) is 16.2 Å². The Morgan fingerprint density at radius 3 is 2.77 bits per heavy atom. The maximum Gasteiger partial charge on any atom is 0.352 e. The van der Waals surface area contributed by atoms with Crippen molar-refractivity contribution in [3.05, 3.63) is 41.1 Å². The first-order valence-corrected chi connectivity index (χ1v) is 9.90. The molecule has 1 aromatic rings. The second-order valence-corrected chi connectivity index (χ2v) is 7.78. The third-order valence-corrected chi connectivity index (χ3v) is 6.00. The number of primary amides is 1. The number of carboxylic acid groups (broad SMARTS) is 1. The molecule has 11 nitrogen and oxygen atoms in total. The van der Waals surface area contributed by atoms with Gasteiger partial charge in [-0.25, -0.2) is 9.59 Å². The number of β-lactam (4-membered cyclic amide) rings is 1. The van der Waals surface area contributed by atoms with Crippen LogP contribution < -0.4 is 22.1 Å². The molecule has 0 saturated carbocycles. The molecule has 0 bridgehead atoms. The maximum absolute atomic E-state index is 12.6. The van der Waals surface area contributed by atoms with E-state index < -0.39 is 41.3 Å². The molecule has 4 amide bonds. The minimum Gasteiger partial charge on any atom is -0.477 e. The molecule has 1 saturated heterocycles. The highest BCUT2D eigenvalue weighted by molar-refractivity contribution is 8.00. The van der Waals surface area contributed by atoms with Crippen LogP contribution in [0.2, 0.25) is 0 Å². The lowest BCUT2D eigenvalue weighted by atomic mass is 10.0. The number of carbonyl (C=O) groups is 4. The summed E-state index contributed by atoms with van der Waals surface area (Å²) in [6.45, 7) is 0.0999. The summed E-state index contributed by atoms with van der Waals surface area (Å²) in [4.78, 5) is 49.0. The number of urea groups is 1. The summed E-state index contributed by atoms with van der Waals surface area (Å²) < 4.78 is 5.02. The van der Waals surface area contributed by atoms with Gasteiger partial charge in [-0.3, -0.25) is 14.5 Å². The van der Waals surface area contributed by atoms with Gasteiger partial charge in [-0.05, 0) is 23.3 Å². The summed E-state index contributed by atoms with van der Waals surface area (Å²) in [7, 11) is 1.44. The summed E-state index contributed by atoms with van der Waals surface area (Å²) in [6.07, 6.45) is 0. The second-order valence-electron chi connectivity index (χ2n) is 6.68. The fourth-order valence-corrected chi connectivity index (χ4v) is 4.64. The summed E-state index contributed by atoms with van der Waals surface area (Å²) in [5.74, 6) is -1.99. The summed E-state index contributed by atoms with van der Waals surface area (Å²) in [6, 6.07) is 3.54. The van der Waals surface area contributed by atoms with Crippen LogP contribution in [0.3, 0.4) is 0 Å². The largest absolute Gasteiger partial charge is 0.477 e. The molecule has 0 aliphatic carbocycles. The third kappa shape index (κ3) is 4.10. The number of rotatable bonds is 7. The van der Waals surface area contributed by atoms with Gasteiger partial charge in [0.05, 0.1) is 6.61 Å².